The SMILES string of the molecule is Cc1nc(C)c(C(=O)N2CCC(N3C(=O)CNC3=O)C2)s1. The molecule has 3 rings (SSSR count). The van der Waals surface area contributed by atoms with Crippen LogP contribution in [0.5, 0.6) is 0 Å². The van der Waals surface area contributed by atoms with E-state index in [-0.39, 0.29) is 30.4 Å². The van der Waals surface area contributed by atoms with E-state index in [0.717, 1.165) is 10.7 Å². The summed E-state index contributed by atoms with van der Waals surface area (Å²) in [4.78, 5) is 43.7. The van der Waals surface area contributed by atoms with Gasteiger partial charge >= 0.3 is 6.03 Å². The van der Waals surface area contributed by atoms with Crippen LogP contribution < -0.4 is 5.32 Å². The number of amides is 4. The number of aromatic nitrogens is 1. The zero-order chi connectivity index (χ0) is 15.1. The third-order valence-electron chi connectivity index (χ3n) is 3.79. The van der Waals surface area contributed by atoms with Gasteiger partial charge in [0.1, 0.15) is 4.88 Å². The highest BCUT2D eigenvalue weighted by Gasteiger charge is 2.40. The standard InChI is InChI=1S/C13H16N4O3S/c1-7-11(21-8(2)15-7)12(19)16-4-3-9(6-16)17-10(18)5-14-13(17)20/h9H,3-6H2,1-2H3,(H,14,20). The number of carbonyl (C=O) groups is 3. The molecule has 1 atom stereocenters. The number of nitrogens with one attached hydrogen (secondary N) is 1. The molecule has 21 heavy (non-hydrogen) atoms. The van der Waals surface area contributed by atoms with Crippen LogP contribution in [0.2, 0.25) is 0 Å². The third kappa shape index (κ3) is 2.39. The number of thiazole rings is 1. The summed E-state index contributed by atoms with van der Waals surface area (Å²) in [5, 5.41) is 3.37. The predicted molar refractivity (Wildman–Crippen MR) is 76.1 cm³/mol. The van der Waals surface area contributed by atoms with Crippen LogP contribution in [0.25, 0.3) is 0 Å². The fraction of sp³-hybridized carbons (Fsp3) is 0.538. The van der Waals surface area contributed by atoms with Crippen LogP contribution in [0.15, 0.2) is 0 Å². The molecule has 1 unspecified atom stereocenters. The Morgan fingerprint density at radius 2 is 2.14 bits per heavy atom. The minimum atomic E-state index is -0.357. The maximum absolute atomic E-state index is 12.5. The fourth-order valence-electron chi connectivity index (χ4n) is 2.81. The minimum Gasteiger partial charge on any atom is -0.336 e. The summed E-state index contributed by atoms with van der Waals surface area (Å²) < 4.78 is 0. The molecule has 2 saturated heterocycles. The van der Waals surface area contributed by atoms with Gasteiger partial charge in [0.25, 0.3) is 5.91 Å². The number of rotatable bonds is 2. The van der Waals surface area contributed by atoms with E-state index in [1.165, 1.54) is 16.2 Å². The maximum atomic E-state index is 12.5. The lowest BCUT2D eigenvalue weighted by Crippen LogP contribution is -2.42. The maximum Gasteiger partial charge on any atom is 0.324 e. The predicted octanol–water partition coefficient (Wildman–Crippen LogP) is 0.526. The molecule has 112 valence electrons. The second-order valence-electron chi connectivity index (χ2n) is 5.26. The summed E-state index contributed by atoms with van der Waals surface area (Å²) in [6, 6.07) is -0.581. The van der Waals surface area contributed by atoms with E-state index in [1.807, 2.05) is 13.8 Å². The lowest BCUT2D eigenvalue weighted by molar-refractivity contribution is -0.126. The number of imide groups is 1. The van der Waals surface area contributed by atoms with E-state index in [0.29, 0.717) is 24.4 Å². The molecule has 1 N–H and O–H groups in total. The van der Waals surface area contributed by atoms with Crippen molar-refractivity contribution in [1.29, 1.82) is 0 Å². The van der Waals surface area contributed by atoms with Crippen LogP contribution in [0.1, 0.15) is 26.8 Å². The van der Waals surface area contributed by atoms with Crippen molar-refractivity contribution in [2.45, 2.75) is 26.3 Å². The van der Waals surface area contributed by atoms with Crippen molar-refractivity contribution < 1.29 is 14.4 Å². The number of hydrogen-bond acceptors (Lipinski definition) is 5. The molecule has 1 aromatic heterocycles. The first kappa shape index (κ1) is 14.0. The highest BCUT2D eigenvalue weighted by atomic mass is 32.1. The van der Waals surface area contributed by atoms with Crippen molar-refractivity contribution in [2.24, 2.45) is 0 Å². The monoisotopic (exact) mass is 308 g/mol. The first-order valence-electron chi connectivity index (χ1n) is 6.80. The molecular formula is C13H16N4O3S. The number of likely N-dealkylation sites (tertiary alicyclic amines) is 1. The van der Waals surface area contributed by atoms with E-state index in [4.69, 9.17) is 0 Å². The highest BCUT2D eigenvalue weighted by Crippen LogP contribution is 2.24. The molecule has 7 nitrogen and oxygen atoms in total. The number of hydrogen-bond donors (Lipinski definition) is 1. The summed E-state index contributed by atoms with van der Waals surface area (Å²) in [6.07, 6.45) is 0.627. The molecule has 3 heterocycles. The van der Waals surface area contributed by atoms with Crippen LogP contribution in [0.4, 0.5) is 4.79 Å². The van der Waals surface area contributed by atoms with Crippen molar-refractivity contribution in [3.8, 4) is 0 Å². The minimum absolute atomic E-state index is 0.0520. The molecule has 0 bridgehead atoms. The van der Waals surface area contributed by atoms with E-state index < -0.39 is 0 Å². The Balaban J connectivity index is 1.72. The summed E-state index contributed by atoms with van der Waals surface area (Å²) >= 11 is 1.38. The Hall–Kier alpha value is -1.96. The van der Waals surface area contributed by atoms with Gasteiger partial charge in [-0.15, -0.1) is 11.3 Å². The van der Waals surface area contributed by atoms with Crippen LogP contribution in [0.3, 0.4) is 0 Å². The van der Waals surface area contributed by atoms with E-state index in [1.54, 1.807) is 4.90 Å². The molecule has 0 aromatic carbocycles. The van der Waals surface area contributed by atoms with Crippen molar-refractivity contribution in [1.82, 2.24) is 20.1 Å². The van der Waals surface area contributed by atoms with Gasteiger partial charge in [-0.3, -0.25) is 14.5 Å². The normalized spacial score (nSPS) is 22.1. The van der Waals surface area contributed by atoms with Gasteiger partial charge in [0, 0.05) is 13.1 Å². The van der Waals surface area contributed by atoms with Crippen LogP contribution in [-0.4, -0.2) is 58.3 Å². The van der Waals surface area contributed by atoms with Gasteiger partial charge < -0.3 is 10.2 Å². The fourth-order valence-corrected chi connectivity index (χ4v) is 3.70. The smallest absolute Gasteiger partial charge is 0.324 e. The van der Waals surface area contributed by atoms with Gasteiger partial charge in [0.05, 0.1) is 23.3 Å². The van der Waals surface area contributed by atoms with Crippen molar-refractivity contribution >= 4 is 29.2 Å². The second-order valence-corrected chi connectivity index (χ2v) is 6.47. The lowest BCUT2D eigenvalue weighted by atomic mass is 10.2. The topological polar surface area (TPSA) is 82.6 Å². The van der Waals surface area contributed by atoms with E-state index in [9.17, 15) is 14.4 Å². The Morgan fingerprint density at radius 1 is 1.38 bits per heavy atom. The number of urea groups is 1. The Labute approximate surface area is 125 Å². The second kappa shape index (κ2) is 5.10. The zero-order valence-corrected chi connectivity index (χ0v) is 12.7. The molecule has 0 spiro atoms. The molecule has 0 saturated carbocycles. The van der Waals surface area contributed by atoms with E-state index >= 15 is 0 Å². The van der Waals surface area contributed by atoms with Gasteiger partial charge in [-0.25, -0.2) is 9.78 Å². The van der Waals surface area contributed by atoms with Crippen LogP contribution in [-0.2, 0) is 4.79 Å². The molecule has 4 amide bonds. The number of aryl methyl sites for hydroxylation is 2. The molecule has 0 radical (unpaired) electrons. The molecule has 8 heteroatoms. The van der Waals surface area contributed by atoms with Gasteiger partial charge in [-0.1, -0.05) is 0 Å². The van der Waals surface area contributed by atoms with Crippen molar-refractivity contribution in [3.63, 3.8) is 0 Å². The highest BCUT2D eigenvalue weighted by molar-refractivity contribution is 7.13. The van der Waals surface area contributed by atoms with Crippen LogP contribution in [0, 0.1) is 13.8 Å². The largest absolute Gasteiger partial charge is 0.336 e. The average Bonchev–Trinajstić information content (AvgIpc) is 3.10. The van der Waals surface area contributed by atoms with Gasteiger partial charge in [-0.05, 0) is 20.3 Å². The number of carbonyl (C=O) groups excluding carboxylic acids is 3. The molecule has 2 aliphatic rings. The quantitative estimate of drug-likeness (QED) is 0.808. The third-order valence-corrected chi connectivity index (χ3v) is 4.85. The first-order valence-corrected chi connectivity index (χ1v) is 7.62. The summed E-state index contributed by atoms with van der Waals surface area (Å²) in [5.41, 5.74) is 0.737. The van der Waals surface area contributed by atoms with Crippen molar-refractivity contribution in [3.05, 3.63) is 15.6 Å². The number of nitrogens with zero attached hydrogens (tertiary/aromatic N) is 3. The molecule has 2 fully saturated rings. The molecular weight excluding hydrogens is 292 g/mol. The first-order chi connectivity index (χ1) is 9.97. The molecule has 0 aliphatic carbocycles. The molecule has 2 aliphatic heterocycles. The van der Waals surface area contributed by atoms with Gasteiger partial charge in [0.15, 0.2) is 0 Å². The van der Waals surface area contributed by atoms with Crippen molar-refractivity contribution in [2.75, 3.05) is 19.6 Å². The Bertz CT molecular complexity index is 611. The summed E-state index contributed by atoms with van der Waals surface area (Å²) in [5.74, 6) is -0.281. The van der Waals surface area contributed by atoms with E-state index in [2.05, 4.69) is 10.3 Å². The molecule has 1 aromatic rings. The Kier molecular flexibility index (Phi) is 3.40. The average molecular weight is 308 g/mol. The lowest BCUT2D eigenvalue weighted by Gasteiger charge is -2.21. The Morgan fingerprint density at radius 3 is 2.71 bits per heavy atom. The van der Waals surface area contributed by atoms with Gasteiger partial charge in [-0.2, -0.15) is 0 Å². The van der Waals surface area contributed by atoms with Crippen LogP contribution >= 0.6 is 11.3 Å². The zero-order valence-electron chi connectivity index (χ0n) is 11.9. The summed E-state index contributed by atoms with van der Waals surface area (Å²) in [6.45, 7) is 4.69. The summed E-state index contributed by atoms with van der Waals surface area (Å²) in [7, 11) is 0. The van der Waals surface area contributed by atoms with Gasteiger partial charge in [0.2, 0.25) is 5.91 Å².